The SMILES string of the molecule is CC=CCCC1CCC(C2CCC(C3CCC(CCCCC4CCC(C=C(F)F)CC4)CC3)CC2)OC1. The van der Waals surface area contributed by atoms with E-state index in [0.29, 0.717) is 6.10 Å². The van der Waals surface area contributed by atoms with Crippen LogP contribution in [0.3, 0.4) is 0 Å². The van der Waals surface area contributed by atoms with Crippen molar-refractivity contribution in [2.45, 2.75) is 141 Å². The second kappa shape index (κ2) is 15.8. The Morgan fingerprint density at radius 1 is 0.649 bits per heavy atom. The molecule has 37 heavy (non-hydrogen) atoms. The van der Waals surface area contributed by atoms with Crippen LogP contribution in [0, 0.1) is 41.4 Å². The van der Waals surface area contributed by atoms with E-state index < -0.39 is 6.08 Å². The summed E-state index contributed by atoms with van der Waals surface area (Å²) in [5.41, 5.74) is 0. The first-order chi connectivity index (χ1) is 18.1. The van der Waals surface area contributed by atoms with E-state index in [1.807, 2.05) is 0 Å². The van der Waals surface area contributed by atoms with Crippen LogP contribution in [0.2, 0.25) is 0 Å². The molecule has 0 aromatic heterocycles. The molecule has 0 spiro atoms. The van der Waals surface area contributed by atoms with Crippen molar-refractivity contribution in [3.63, 3.8) is 0 Å². The number of rotatable bonds is 11. The van der Waals surface area contributed by atoms with Gasteiger partial charge in [0.25, 0.3) is 6.08 Å². The monoisotopic (exact) mass is 518 g/mol. The van der Waals surface area contributed by atoms with Crippen molar-refractivity contribution in [3.05, 3.63) is 24.3 Å². The largest absolute Gasteiger partial charge is 0.378 e. The molecule has 3 saturated carbocycles. The Morgan fingerprint density at radius 3 is 1.73 bits per heavy atom. The molecule has 0 amide bonds. The highest BCUT2D eigenvalue weighted by molar-refractivity contribution is 4.91. The van der Waals surface area contributed by atoms with Crippen LogP contribution in [0.4, 0.5) is 8.78 Å². The Morgan fingerprint density at radius 2 is 1.19 bits per heavy atom. The van der Waals surface area contributed by atoms with Crippen LogP contribution in [0.15, 0.2) is 24.3 Å². The third-order valence-corrected chi connectivity index (χ3v) is 11.0. The summed E-state index contributed by atoms with van der Waals surface area (Å²) in [6.07, 6.45) is 31.4. The van der Waals surface area contributed by atoms with Crippen molar-refractivity contribution in [1.29, 1.82) is 0 Å². The number of allylic oxidation sites excluding steroid dienone is 3. The van der Waals surface area contributed by atoms with Crippen molar-refractivity contribution in [1.82, 2.24) is 0 Å². The van der Waals surface area contributed by atoms with Crippen LogP contribution in [0.25, 0.3) is 0 Å². The average Bonchev–Trinajstić information content (AvgIpc) is 2.93. The highest BCUT2D eigenvalue weighted by Crippen LogP contribution is 2.44. The molecule has 3 aliphatic carbocycles. The van der Waals surface area contributed by atoms with Gasteiger partial charge in [-0.05, 0) is 144 Å². The smallest absolute Gasteiger partial charge is 0.266 e. The molecule has 4 fully saturated rings. The first-order valence-electron chi connectivity index (χ1n) is 16.4. The van der Waals surface area contributed by atoms with Gasteiger partial charge in [0.2, 0.25) is 0 Å². The highest BCUT2D eigenvalue weighted by atomic mass is 19.3. The summed E-state index contributed by atoms with van der Waals surface area (Å²) in [4.78, 5) is 0. The van der Waals surface area contributed by atoms with E-state index in [-0.39, 0.29) is 5.92 Å². The molecule has 0 N–H and O–H groups in total. The molecule has 0 bridgehead atoms. The normalized spacial score (nSPS) is 37.5. The summed E-state index contributed by atoms with van der Waals surface area (Å²) in [6, 6.07) is 0. The molecule has 1 aliphatic heterocycles. The van der Waals surface area contributed by atoms with E-state index in [1.54, 1.807) is 0 Å². The summed E-state index contributed by atoms with van der Waals surface area (Å²) in [5, 5.41) is 0. The van der Waals surface area contributed by atoms with Gasteiger partial charge in [-0.15, -0.1) is 0 Å². The first-order valence-corrected chi connectivity index (χ1v) is 16.4. The molecule has 1 heterocycles. The molecular formula is C34H56F2O. The summed E-state index contributed by atoms with van der Waals surface area (Å²) < 4.78 is 31.3. The lowest BCUT2D eigenvalue weighted by molar-refractivity contribution is -0.0616. The second-order valence-electron chi connectivity index (χ2n) is 13.4. The summed E-state index contributed by atoms with van der Waals surface area (Å²) in [5.74, 6) is 5.51. The third-order valence-electron chi connectivity index (χ3n) is 11.0. The second-order valence-corrected chi connectivity index (χ2v) is 13.4. The van der Waals surface area contributed by atoms with E-state index in [9.17, 15) is 8.78 Å². The predicted molar refractivity (Wildman–Crippen MR) is 152 cm³/mol. The van der Waals surface area contributed by atoms with Crippen LogP contribution < -0.4 is 0 Å². The minimum Gasteiger partial charge on any atom is -0.378 e. The van der Waals surface area contributed by atoms with Crippen LogP contribution in [0.5, 0.6) is 0 Å². The maximum atomic E-state index is 12.5. The fourth-order valence-electron chi connectivity index (χ4n) is 8.55. The predicted octanol–water partition coefficient (Wildman–Crippen LogP) is 10.9. The molecule has 0 radical (unpaired) electrons. The number of hydrogen-bond acceptors (Lipinski definition) is 1. The lowest BCUT2D eigenvalue weighted by Gasteiger charge is -2.41. The van der Waals surface area contributed by atoms with Gasteiger partial charge in [-0.1, -0.05) is 50.7 Å². The van der Waals surface area contributed by atoms with Gasteiger partial charge < -0.3 is 4.74 Å². The fourth-order valence-corrected chi connectivity index (χ4v) is 8.55. The molecule has 2 unspecified atom stereocenters. The lowest BCUT2D eigenvalue weighted by Crippen LogP contribution is -2.35. The summed E-state index contributed by atoms with van der Waals surface area (Å²) >= 11 is 0. The van der Waals surface area contributed by atoms with Gasteiger partial charge in [0.1, 0.15) is 0 Å². The van der Waals surface area contributed by atoms with Crippen LogP contribution in [-0.4, -0.2) is 12.7 Å². The third kappa shape index (κ3) is 9.77. The van der Waals surface area contributed by atoms with Crippen molar-refractivity contribution in [3.8, 4) is 0 Å². The van der Waals surface area contributed by atoms with Crippen LogP contribution >= 0.6 is 0 Å². The Bertz CT molecular complexity index is 666. The molecule has 212 valence electrons. The van der Waals surface area contributed by atoms with E-state index in [0.717, 1.165) is 67.8 Å². The molecule has 3 heteroatoms. The number of hydrogen-bond donors (Lipinski definition) is 0. The molecule has 0 aromatic rings. The van der Waals surface area contributed by atoms with Crippen molar-refractivity contribution < 1.29 is 13.5 Å². The number of ether oxygens (including phenoxy) is 1. The Labute approximate surface area is 227 Å². The number of halogens is 2. The van der Waals surface area contributed by atoms with Crippen molar-refractivity contribution in [2.24, 2.45) is 41.4 Å². The Kier molecular flexibility index (Phi) is 12.5. The van der Waals surface area contributed by atoms with Gasteiger partial charge in [0, 0.05) is 6.61 Å². The molecule has 2 atom stereocenters. The van der Waals surface area contributed by atoms with E-state index in [4.69, 9.17) is 4.74 Å². The van der Waals surface area contributed by atoms with E-state index in [2.05, 4.69) is 19.1 Å². The minimum absolute atomic E-state index is 0.137. The molecule has 1 saturated heterocycles. The molecule has 0 aromatic carbocycles. The van der Waals surface area contributed by atoms with Gasteiger partial charge in [-0.2, -0.15) is 8.78 Å². The summed E-state index contributed by atoms with van der Waals surface area (Å²) in [7, 11) is 0. The van der Waals surface area contributed by atoms with Gasteiger partial charge in [-0.3, -0.25) is 0 Å². The number of unbranched alkanes of at least 4 members (excludes halogenated alkanes) is 1. The van der Waals surface area contributed by atoms with Crippen molar-refractivity contribution >= 4 is 0 Å². The van der Waals surface area contributed by atoms with Crippen LogP contribution in [0.1, 0.15) is 135 Å². The van der Waals surface area contributed by atoms with Gasteiger partial charge in [0.15, 0.2) is 0 Å². The zero-order chi connectivity index (χ0) is 25.9. The van der Waals surface area contributed by atoms with Gasteiger partial charge in [0.05, 0.1) is 6.10 Å². The Balaban J connectivity index is 1.03. The molecule has 4 aliphatic rings. The molecule has 1 nitrogen and oxygen atoms in total. The molecule has 4 rings (SSSR count). The Hall–Kier alpha value is -0.700. The maximum absolute atomic E-state index is 12.5. The van der Waals surface area contributed by atoms with Crippen LogP contribution in [-0.2, 0) is 4.74 Å². The minimum atomic E-state index is -1.48. The zero-order valence-electron chi connectivity index (χ0n) is 23.9. The first kappa shape index (κ1) is 29.3. The van der Waals surface area contributed by atoms with Crippen molar-refractivity contribution in [2.75, 3.05) is 6.61 Å². The topological polar surface area (TPSA) is 9.23 Å². The highest BCUT2D eigenvalue weighted by Gasteiger charge is 2.35. The zero-order valence-corrected chi connectivity index (χ0v) is 23.9. The average molecular weight is 519 g/mol. The maximum Gasteiger partial charge on any atom is 0.266 e. The fraction of sp³-hybridized carbons (Fsp3) is 0.882. The molecular weight excluding hydrogens is 462 g/mol. The summed E-state index contributed by atoms with van der Waals surface area (Å²) in [6.45, 7) is 3.13. The van der Waals surface area contributed by atoms with Gasteiger partial charge >= 0.3 is 0 Å². The van der Waals surface area contributed by atoms with Gasteiger partial charge in [-0.25, -0.2) is 0 Å². The quantitative estimate of drug-likeness (QED) is 0.195. The van der Waals surface area contributed by atoms with E-state index >= 15 is 0 Å². The lowest BCUT2D eigenvalue weighted by atomic mass is 9.67. The van der Waals surface area contributed by atoms with E-state index in [1.165, 1.54) is 109 Å². The standard InChI is InChI=1S/C34H56F2O/c1-2-3-4-9-29-16-23-33(37-25-29)32-21-19-31(20-22-32)30-17-14-27(15-18-30)8-6-5-7-26-10-12-28(13-11-26)24-34(35)36/h2-3,24,26-33H,4-23,25H2,1H3.